The van der Waals surface area contributed by atoms with E-state index in [1.807, 2.05) is 59.3 Å². The minimum Gasteiger partial charge on any atom is -0.469 e. The highest BCUT2D eigenvalue weighted by Crippen LogP contribution is 2.47. The highest BCUT2D eigenvalue weighted by atomic mass is 19.1. The third-order valence-electron chi connectivity index (χ3n) is 10.3. The number of carbonyl (C=O) groups excluding carboxylic acids is 1. The van der Waals surface area contributed by atoms with E-state index >= 15 is 4.39 Å². The number of carbonyl (C=O) groups is 1. The maximum atomic E-state index is 15.0. The van der Waals surface area contributed by atoms with Gasteiger partial charge < -0.3 is 10.1 Å². The predicted molar refractivity (Wildman–Crippen MR) is 181 cm³/mol. The number of nitrogens with one attached hydrogen (secondary N) is 1. The molecule has 0 amide bonds. The Morgan fingerprint density at radius 2 is 1.42 bits per heavy atom. The van der Waals surface area contributed by atoms with Gasteiger partial charge >= 0.3 is 5.97 Å². The molecule has 3 heterocycles. The molecule has 3 fully saturated rings. The number of benzene rings is 3. The Morgan fingerprint density at radius 3 is 2.00 bits per heavy atom. The number of anilines is 1. The van der Waals surface area contributed by atoms with Crippen molar-refractivity contribution in [1.82, 2.24) is 24.7 Å². The second kappa shape index (κ2) is 12.3. The SMILES string of the molecule is COC(=O)[C@@H]1C2CCC(CC2)[C@H]1Nc1cncc(-c2nn(C(c3ccccc3)(c3ccccc3)c3ccccc3)c3ncc(F)cc23)n1. The van der Waals surface area contributed by atoms with Crippen LogP contribution in [0.4, 0.5) is 10.2 Å². The fourth-order valence-corrected chi connectivity index (χ4v) is 8.16. The minimum absolute atomic E-state index is 0.107. The average Bonchev–Trinajstić information content (AvgIpc) is 3.52. The quantitative estimate of drug-likeness (QED) is 0.139. The van der Waals surface area contributed by atoms with E-state index in [4.69, 9.17) is 14.8 Å². The molecule has 0 aliphatic heterocycles. The minimum atomic E-state index is -0.969. The first-order valence-electron chi connectivity index (χ1n) is 16.5. The summed E-state index contributed by atoms with van der Waals surface area (Å²) in [4.78, 5) is 27.1. The van der Waals surface area contributed by atoms with Gasteiger partial charge in [-0.25, -0.2) is 19.0 Å². The third kappa shape index (κ3) is 4.92. The zero-order valence-electron chi connectivity index (χ0n) is 26.5. The number of nitrogens with zero attached hydrogens (tertiary/aromatic N) is 5. The molecule has 3 aliphatic carbocycles. The van der Waals surface area contributed by atoms with Crippen molar-refractivity contribution in [3.63, 3.8) is 0 Å². The summed E-state index contributed by atoms with van der Waals surface area (Å²) in [7, 11) is 1.46. The van der Waals surface area contributed by atoms with Crippen molar-refractivity contribution in [1.29, 1.82) is 0 Å². The zero-order chi connectivity index (χ0) is 32.7. The maximum Gasteiger partial charge on any atom is 0.311 e. The van der Waals surface area contributed by atoms with E-state index in [2.05, 4.69) is 51.7 Å². The number of ether oxygens (including phenoxy) is 1. The average molecular weight is 639 g/mol. The Morgan fingerprint density at radius 1 is 0.833 bits per heavy atom. The molecule has 2 bridgehead atoms. The standard InChI is InChI=1S/C39H35FN6O2/c1-48-38(47)34-25-17-19-26(20-18-25)35(34)44-33-24-41-23-32(43-33)36-31-21-30(40)22-42-37(31)46(45-36)39(27-11-5-2-6-12-27,28-13-7-3-8-14-28)29-15-9-4-10-16-29/h2-16,21-26,34-35H,17-20H2,1H3,(H,43,44)/t25?,26?,34-,35-/m1/s1. The van der Waals surface area contributed by atoms with Crippen LogP contribution in [0.3, 0.4) is 0 Å². The van der Waals surface area contributed by atoms with Crippen LogP contribution < -0.4 is 5.32 Å². The summed E-state index contributed by atoms with van der Waals surface area (Å²) < 4.78 is 22.2. The molecule has 3 aromatic carbocycles. The Hall–Kier alpha value is -5.44. The van der Waals surface area contributed by atoms with E-state index in [1.165, 1.54) is 19.4 Å². The summed E-state index contributed by atoms with van der Waals surface area (Å²) >= 11 is 0. The molecule has 3 aliphatic rings. The van der Waals surface area contributed by atoms with Crippen molar-refractivity contribution in [3.8, 4) is 11.4 Å². The normalized spacial score (nSPS) is 20.5. The van der Waals surface area contributed by atoms with Gasteiger partial charge in [0.25, 0.3) is 0 Å². The highest BCUT2D eigenvalue weighted by molar-refractivity contribution is 5.91. The first-order chi connectivity index (χ1) is 23.6. The molecule has 0 spiro atoms. The molecule has 6 aromatic rings. The molecule has 9 rings (SSSR count). The molecule has 9 heteroatoms. The van der Waals surface area contributed by atoms with Crippen molar-refractivity contribution in [2.24, 2.45) is 17.8 Å². The number of methoxy groups -OCH3 is 1. The molecule has 0 radical (unpaired) electrons. The molecule has 3 aromatic heterocycles. The van der Waals surface area contributed by atoms with Gasteiger partial charge in [-0.15, -0.1) is 0 Å². The first-order valence-corrected chi connectivity index (χ1v) is 16.5. The molecule has 0 saturated heterocycles. The lowest BCUT2D eigenvalue weighted by Crippen LogP contribution is -2.51. The van der Waals surface area contributed by atoms with Gasteiger partial charge in [0.05, 0.1) is 37.0 Å². The van der Waals surface area contributed by atoms with Crippen LogP contribution in [0.5, 0.6) is 0 Å². The largest absolute Gasteiger partial charge is 0.469 e. The maximum absolute atomic E-state index is 15.0. The second-order valence-corrected chi connectivity index (χ2v) is 12.8. The van der Waals surface area contributed by atoms with Gasteiger partial charge in [0.1, 0.15) is 28.6 Å². The smallest absolute Gasteiger partial charge is 0.311 e. The molecule has 0 unspecified atom stereocenters. The van der Waals surface area contributed by atoms with Gasteiger partial charge in [-0.3, -0.25) is 9.78 Å². The van der Waals surface area contributed by atoms with Crippen LogP contribution in [0.15, 0.2) is 116 Å². The van der Waals surface area contributed by atoms with Crippen LogP contribution in [-0.2, 0) is 15.1 Å². The molecular formula is C39H35FN6O2. The molecule has 1 N–H and O–H groups in total. The Bertz CT molecular complexity index is 1970. The second-order valence-electron chi connectivity index (χ2n) is 12.8. The number of rotatable bonds is 8. The van der Waals surface area contributed by atoms with Crippen LogP contribution in [0.2, 0.25) is 0 Å². The first kappa shape index (κ1) is 29.9. The lowest BCUT2D eigenvalue weighted by atomic mass is 9.61. The molecule has 8 nitrogen and oxygen atoms in total. The lowest BCUT2D eigenvalue weighted by Gasteiger charge is -2.47. The van der Waals surface area contributed by atoms with Crippen molar-refractivity contribution in [3.05, 3.63) is 138 Å². The highest BCUT2D eigenvalue weighted by Gasteiger charge is 2.48. The number of pyridine rings is 1. The van der Waals surface area contributed by atoms with Gasteiger partial charge in [0, 0.05) is 6.04 Å². The Balaban J connectivity index is 1.32. The van der Waals surface area contributed by atoms with Crippen molar-refractivity contribution in [2.75, 3.05) is 12.4 Å². The number of aromatic nitrogens is 5. The van der Waals surface area contributed by atoms with Crippen LogP contribution in [0.25, 0.3) is 22.4 Å². The fraction of sp³-hybridized carbons (Fsp3) is 0.256. The number of esters is 1. The lowest BCUT2D eigenvalue weighted by molar-refractivity contribution is -0.152. The van der Waals surface area contributed by atoms with E-state index in [0.717, 1.165) is 42.4 Å². The molecule has 3 saturated carbocycles. The van der Waals surface area contributed by atoms with Gasteiger partial charge in [-0.2, -0.15) is 5.10 Å². The monoisotopic (exact) mass is 638 g/mol. The van der Waals surface area contributed by atoms with Crippen LogP contribution in [-0.4, -0.2) is 43.9 Å². The number of halogens is 1. The number of fused-ring (bicyclic) bond motifs is 4. The summed E-state index contributed by atoms with van der Waals surface area (Å²) in [6, 6.07) is 31.9. The van der Waals surface area contributed by atoms with E-state index in [9.17, 15) is 4.79 Å². The van der Waals surface area contributed by atoms with Gasteiger partial charge in [-0.1, -0.05) is 91.0 Å². The van der Waals surface area contributed by atoms with Gasteiger partial charge in [-0.05, 0) is 60.3 Å². The van der Waals surface area contributed by atoms with Gasteiger partial charge in [0.2, 0.25) is 0 Å². The summed E-state index contributed by atoms with van der Waals surface area (Å²) in [5.41, 5.74) is 3.35. The zero-order valence-corrected chi connectivity index (χ0v) is 26.5. The summed E-state index contributed by atoms with van der Waals surface area (Å²) in [6.07, 6.45) is 8.71. The van der Waals surface area contributed by atoms with Crippen LogP contribution in [0.1, 0.15) is 42.4 Å². The number of hydrogen-bond acceptors (Lipinski definition) is 7. The van der Waals surface area contributed by atoms with E-state index in [-0.39, 0.29) is 23.8 Å². The fourth-order valence-electron chi connectivity index (χ4n) is 8.16. The summed E-state index contributed by atoms with van der Waals surface area (Å²) in [5, 5.41) is 9.34. The Labute approximate surface area is 278 Å². The molecule has 240 valence electrons. The summed E-state index contributed by atoms with van der Waals surface area (Å²) in [6.45, 7) is 0. The Kier molecular flexibility index (Phi) is 7.67. The van der Waals surface area contributed by atoms with Gasteiger partial charge in [0.15, 0.2) is 5.65 Å². The molecular weight excluding hydrogens is 603 g/mol. The van der Waals surface area contributed by atoms with Crippen molar-refractivity contribution in [2.45, 2.75) is 37.3 Å². The predicted octanol–water partition coefficient (Wildman–Crippen LogP) is 7.26. The van der Waals surface area contributed by atoms with E-state index in [0.29, 0.717) is 34.2 Å². The van der Waals surface area contributed by atoms with E-state index in [1.54, 1.807) is 12.4 Å². The topological polar surface area (TPSA) is 94.8 Å². The van der Waals surface area contributed by atoms with Crippen LogP contribution in [0, 0.1) is 23.6 Å². The summed E-state index contributed by atoms with van der Waals surface area (Å²) in [5.74, 6) is 0.254. The molecule has 48 heavy (non-hydrogen) atoms. The third-order valence-corrected chi connectivity index (χ3v) is 10.3. The van der Waals surface area contributed by atoms with E-state index < -0.39 is 11.4 Å². The van der Waals surface area contributed by atoms with Crippen molar-refractivity contribution >= 4 is 22.8 Å². The van der Waals surface area contributed by atoms with Crippen LogP contribution >= 0.6 is 0 Å². The molecule has 2 atom stereocenters. The number of hydrogen-bond donors (Lipinski definition) is 1. The van der Waals surface area contributed by atoms with Crippen molar-refractivity contribution < 1.29 is 13.9 Å².